The maximum absolute atomic E-state index is 7.50. The van der Waals surface area contributed by atoms with E-state index in [9.17, 15) is 0 Å². The topological polar surface area (TPSA) is 103 Å². The van der Waals surface area contributed by atoms with Gasteiger partial charge in [-0.05, 0) is 0 Å². The second kappa shape index (κ2) is 83.8. The van der Waals surface area contributed by atoms with Crippen LogP contribution in [0.2, 0.25) is 0 Å². The summed E-state index contributed by atoms with van der Waals surface area (Å²) < 4.78 is 38.6. The Kier molecular flexibility index (Phi) is 178. The predicted octanol–water partition coefficient (Wildman–Crippen LogP) is 0.223. The third kappa shape index (κ3) is 105. The van der Waals surface area contributed by atoms with E-state index in [4.69, 9.17) is 23.3 Å². The normalized spacial score (nSPS) is 4.29. The number of hydrogen-bond donors (Lipinski definition) is 0. The first kappa shape index (κ1) is 36.0. The molecule has 90 valence electrons. The minimum atomic E-state index is 1.07. The van der Waals surface area contributed by atoms with Crippen molar-refractivity contribution in [3.8, 4) is 0 Å². The number of nitrogens with zero attached hydrogens (tertiary/aromatic N) is 1. The molecule has 0 atom stereocenters. The quantitative estimate of drug-likeness (QED) is 0.522. The summed E-state index contributed by atoms with van der Waals surface area (Å²) in [6.45, 7) is 26.1. The van der Waals surface area contributed by atoms with Gasteiger partial charge in [-0.3, -0.25) is 0 Å². The maximum atomic E-state index is 7.50. The first-order valence-corrected chi connectivity index (χ1v) is 3.68. The van der Waals surface area contributed by atoms with E-state index in [1.807, 2.05) is 19.0 Å². The molecule has 0 N–H and O–H groups in total. The van der Waals surface area contributed by atoms with E-state index < -0.39 is 0 Å². The van der Waals surface area contributed by atoms with Crippen molar-refractivity contribution in [2.24, 2.45) is 0 Å². The van der Waals surface area contributed by atoms with Gasteiger partial charge in [0.15, 0.2) is 0 Å². The van der Waals surface area contributed by atoms with Gasteiger partial charge in [-0.1, -0.05) is 0 Å². The third-order valence-electron chi connectivity index (χ3n) is 0.615. The summed E-state index contributed by atoms with van der Waals surface area (Å²) in [7, 11) is 3.93. The van der Waals surface area contributed by atoms with Gasteiger partial charge in [-0.15, -0.1) is 0 Å². The SMILES string of the molecule is C=C[C](=[Cr])N(C)C.[C-]#[O+].[C-]#[O+].[C-]#[O+].[C-]#[O+].[C-]#[O+]. The molecule has 0 aromatic carbocycles. The van der Waals surface area contributed by atoms with Crippen LogP contribution in [-0.2, 0) is 39.1 Å². The molecule has 0 aliphatic heterocycles. The van der Waals surface area contributed by atoms with Crippen LogP contribution in [0.3, 0.4) is 0 Å². The molecule has 0 radical (unpaired) electrons. The van der Waals surface area contributed by atoms with E-state index in [2.05, 4.69) is 55.7 Å². The van der Waals surface area contributed by atoms with Gasteiger partial charge in [0.1, 0.15) is 0 Å². The average molecular weight is 275 g/mol. The summed E-state index contributed by atoms with van der Waals surface area (Å²) in [6.07, 6.45) is 1.78. The van der Waals surface area contributed by atoms with Crippen LogP contribution in [0.5, 0.6) is 0 Å². The molecule has 0 saturated carbocycles. The van der Waals surface area contributed by atoms with E-state index in [0.29, 0.717) is 0 Å². The molecule has 0 saturated heterocycles. The standard InChI is InChI=1S/C5H9N.5CO.Cr/c1-4-5-6(2)3;5*1-2;/h4H,1H2,2-3H3;;;;;;. The molecule has 0 unspecified atom stereocenters. The fraction of sp³-hybridized carbons (Fsp3) is 0.200. The molecule has 17 heavy (non-hydrogen) atoms. The van der Waals surface area contributed by atoms with Crippen molar-refractivity contribution in [3.63, 3.8) is 0 Å². The Hall–Kier alpha value is -1.20. The van der Waals surface area contributed by atoms with E-state index >= 15 is 0 Å². The second-order valence-electron chi connectivity index (χ2n) is 1.44. The summed E-state index contributed by atoms with van der Waals surface area (Å²) in [4.78, 5) is 1.97. The molecule has 0 rings (SSSR count). The predicted molar refractivity (Wildman–Crippen MR) is 48.5 cm³/mol. The van der Waals surface area contributed by atoms with Crippen LogP contribution < -0.4 is 0 Å². The van der Waals surface area contributed by atoms with Gasteiger partial charge in [0, 0.05) is 0 Å². The first-order chi connectivity index (χ1) is 8.18. The van der Waals surface area contributed by atoms with Crippen molar-refractivity contribution in [2.45, 2.75) is 0 Å². The van der Waals surface area contributed by atoms with Gasteiger partial charge in [0.25, 0.3) is 0 Å². The molecule has 0 aliphatic rings. The molecule has 0 aromatic heterocycles. The third-order valence-corrected chi connectivity index (χ3v) is 1.45. The summed E-state index contributed by atoms with van der Waals surface area (Å²) in [5, 5.41) is 0. The minimum absolute atomic E-state index is 1.07. The fourth-order valence-electron chi connectivity index (χ4n) is 0.183. The van der Waals surface area contributed by atoms with Crippen molar-refractivity contribution in [2.75, 3.05) is 14.1 Å². The molecule has 0 bridgehead atoms. The van der Waals surface area contributed by atoms with Gasteiger partial charge >= 0.3 is 109 Å². The number of hydrogen-bond acceptors (Lipinski definition) is 1. The molecule has 0 fully saturated rings. The molecule has 0 amide bonds. The Balaban J connectivity index is -0.0000000257. The number of rotatable bonds is 2. The van der Waals surface area contributed by atoms with Crippen LogP contribution in [0.1, 0.15) is 0 Å². The summed E-state index contributed by atoms with van der Waals surface area (Å²) in [5.74, 6) is 0. The zero-order valence-corrected chi connectivity index (χ0v) is 10.5. The van der Waals surface area contributed by atoms with Gasteiger partial charge in [0.05, 0.1) is 0 Å². The van der Waals surface area contributed by atoms with E-state index in [-0.39, 0.29) is 0 Å². The van der Waals surface area contributed by atoms with Crippen LogP contribution >= 0.6 is 0 Å². The van der Waals surface area contributed by atoms with Gasteiger partial charge in [0.2, 0.25) is 0 Å². The molecule has 7 heteroatoms. The van der Waals surface area contributed by atoms with Crippen LogP contribution in [0, 0.1) is 33.3 Å². The Bertz CT molecular complexity index is 215. The summed E-state index contributed by atoms with van der Waals surface area (Å²) in [5.41, 5.74) is 0. The van der Waals surface area contributed by atoms with E-state index in [0.717, 1.165) is 4.50 Å². The molecule has 0 heterocycles. The van der Waals surface area contributed by atoms with Crippen molar-refractivity contribution in [1.29, 1.82) is 0 Å². The van der Waals surface area contributed by atoms with Crippen LogP contribution in [0.15, 0.2) is 12.7 Å². The molecule has 0 aromatic rings. The number of likely N-dealkylation sites (N-methyl/N-ethyl adjacent to an activating group) is 1. The Morgan fingerprint density at radius 2 is 1.06 bits per heavy atom. The average Bonchev–Trinajstić information content (AvgIpc) is 2.48. The van der Waals surface area contributed by atoms with Crippen LogP contribution in [0.25, 0.3) is 0 Å². The van der Waals surface area contributed by atoms with Gasteiger partial charge in [-0.2, -0.15) is 0 Å². The van der Waals surface area contributed by atoms with Crippen LogP contribution in [-0.4, -0.2) is 23.5 Å². The van der Waals surface area contributed by atoms with E-state index in [1.54, 1.807) is 6.08 Å². The summed E-state index contributed by atoms with van der Waals surface area (Å²) in [6, 6.07) is 0. The van der Waals surface area contributed by atoms with Crippen molar-refractivity contribution in [3.05, 3.63) is 45.9 Å². The second-order valence-corrected chi connectivity index (χ2v) is 2.09. The zero-order valence-electron chi connectivity index (χ0n) is 9.18. The monoisotopic (exact) mass is 275 g/mol. The Labute approximate surface area is 109 Å². The molecular weight excluding hydrogens is 266 g/mol. The molecule has 6 nitrogen and oxygen atoms in total. The van der Waals surface area contributed by atoms with E-state index in [1.165, 1.54) is 0 Å². The molecule has 0 spiro atoms. The van der Waals surface area contributed by atoms with Crippen molar-refractivity contribution >= 4 is 4.50 Å². The van der Waals surface area contributed by atoms with Gasteiger partial charge in [-0.25, -0.2) is 0 Å². The van der Waals surface area contributed by atoms with Crippen LogP contribution in [0.4, 0.5) is 0 Å². The Morgan fingerprint density at radius 1 is 0.882 bits per heavy atom. The zero-order chi connectivity index (χ0) is 15.9. The fourth-order valence-corrected chi connectivity index (χ4v) is 0.183. The summed E-state index contributed by atoms with van der Waals surface area (Å²) >= 11 is 2.85. The first-order valence-electron chi connectivity index (χ1n) is 3.04. The molecular formula is C10H9CrNO5. The van der Waals surface area contributed by atoms with Gasteiger partial charge < -0.3 is 0 Å². The molecule has 0 aliphatic carbocycles. The van der Waals surface area contributed by atoms with Crippen molar-refractivity contribution < 1.29 is 39.1 Å². The van der Waals surface area contributed by atoms with Crippen molar-refractivity contribution in [1.82, 2.24) is 4.90 Å². The Morgan fingerprint density at radius 3 is 1.06 bits per heavy atom.